The zero-order valence-electron chi connectivity index (χ0n) is 14.3. The number of nitrogens with zero attached hydrogens (tertiary/aromatic N) is 1. The van der Waals surface area contributed by atoms with Crippen LogP contribution in [-0.2, 0) is 0 Å². The predicted octanol–water partition coefficient (Wildman–Crippen LogP) is 4.21. The van der Waals surface area contributed by atoms with Crippen molar-refractivity contribution in [1.82, 2.24) is 4.90 Å². The highest BCUT2D eigenvalue weighted by Crippen LogP contribution is 2.38. The van der Waals surface area contributed by atoms with Crippen molar-refractivity contribution >= 4 is 0 Å². The van der Waals surface area contributed by atoms with E-state index in [9.17, 15) is 0 Å². The van der Waals surface area contributed by atoms with Crippen LogP contribution >= 0.6 is 0 Å². The van der Waals surface area contributed by atoms with E-state index < -0.39 is 0 Å². The highest BCUT2D eigenvalue weighted by Gasteiger charge is 2.31. The fourth-order valence-electron chi connectivity index (χ4n) is 3.55. The number of aryl methyl sites for hydroxylation is 2. The quantitative estimate of drug-likeness (QED) is 0.879. The lowest BCUT2D eigenvalue weighted by Gasteiger charge is -2.41. The molecular formula is C19H32N2. The minimum atomic E-state index is 0.139. The third kappa shape index (κ3) is 3.87. The molecule has 2 rings (SSSR count). The van der Waals surface area contributed by atoms with Crippen molar-refractivity contribution < 1.29 is 0 Å². The van der Waals surface area contributed by atoms with Gasteiger partial charge in [0, 0.05) is 12.6 Å². The highest BCUT2D eigenvalue weighted by atomic mass is 15.1. The van der Waals surface area contributed by atoms with Crippen molar-refractivity contribution in [3.63, 3.8) is 0 Å². The molecule has 0 saturated carbocycles. The molecule has 2 nitrogen and oxygen atoms in total. The second-order valence-corrected chi connectivity index (χ2v) is 6.96. The van der Waals surface area contributed by atoms with Crippen LogP contribution in [0.1, 0.15) is 62.3 Å². The Morgan fingerprint density at radius 2 is 1.71 bits per heavy atom. The van der Waals surface area contributed by atoms with Crippen LogP contribution in [0.5, 0.6) is 0 Å². The van der Waals surface area contributed by atoms with E-state index in [4.69, 9.17) is 5.73 Å². The largest absolute Gasteiger partial charge is 0.323 e. The summed E-state index contributed by atoms with van der Waals surface area (Å²) in [6.07, 6.45) is 5.31. The minimum absolute atomic E-state index is 0.139. The van der Waals surface area contributed by atoms with Gasteiger partial charge in [0.05, 0.1) is 0 Å². The van der Waals surface area contributed by atoms with Crippen LogP contribution in [-0.4, -0.2) is 24.5 Å². The summed E-state index contributed by atoms with van der Waals surface area (Å²) in [5.74, 6) is 0. The Labute approximate surface area is 130 Å². The van der Waals surface area contributed by atoms with E-state index in [0.29, 0.717) is 5.41 Å². The Hall–Kier alpha value is -0.860. The maximum Gasteiger partial charge on any atom is 0.0424 e. The topological polar surface area (TPSA) is 29.3 Å². The van der Waals surface area contributed by atoms with Gasteiger partial charge in [-0.2, -0.15) is 0 Å². The first kappa shape index (κ1) is 16.5. The number of hydrogen-bond donors (Lipinski definition) is 1. The molecule has 1 aliphatic rings. The molecule has 0 amide bonds. The summed E-state index contributed by atoms with van der Waals surface area (Å²) in [5.41, 5.74) is 11.0. The Balaban J connectivity index is 1.92. The predicted molar refractivity (Wildman–Crippen MR) is 91.5 cm³/mol. The molecule has 2 heteroatoms. The molecule has 1 unspecified atom stereocenters. The summed E-state index contributed by atoms with van der Waals surface area (Å²) in [6, 6.07) is 6.78. The molecule has 1 atom stereocenters. The minimum Gasteiger partial charge on any atom is -0.323 e. The summed E-state index contributed by atoms with van der Waals surface area (Å²) >= 11 is 0. The van der Waals surface area contributed by atoms with Crippen molar-refractivity contribution in [2.75, 3.05) is 19.6 Å². The number of likely N-dealkylation sites (tertiary alicyclic amines) is 1. The first-order valence-electron chi connectivity index (χ1n) is 8.55. The van der Waals surface area contributed by atoms with Crippen molar-refractivity contribution in [2.45, 2.75) is 59.4 Å². The molecule has 1 fully saturated rings. The molecule has 2 N–H and O–H groups in total. The van der Waals surface area contributed by atoms with Gasteiger partial charge in [-0.25, -0.2) is 0 Å². The van der Waals surface area contributed by atoms with E-state index >= 15 is 0 Å². The zero-order valence-corrected chi connectivity index (χ0v) is 14.3. The van der Waals surface area contributed by atoms with Gasteiger partial charge in [-0.1, -0.05) is 44.9 Å². The van der Waals surface area contributed by atoms with Gasteiger partial charge in [0.2, 0.25) is 0 Å². The Morgan fingerprint density at radius 1 is 1.10 bits per heavy atom. The standard InChI is InChI=1S/C19H32N2/c1-5-19(6-2)9-11-21(12-10-19)14-18(20)17-8-7-15(3)16(4)13-17/h7-8,13,18H,5-6,9-12,14,20H2,1-4H3. The Bertz CT molecular complexity index is 453. The molecule has 1 saturated heterocycles. The maximum atomic E-state index is 6.44. The fourth-order valence-corrected chi connectivity index (χ4v) is 3.55. The molecule has 1 aromatic carbocycles. The van der Waals surface area contributed by atoms with E-state index in [0.717, 1.165) is 6.54 Å². The second kappa shape index (κ2) is 6.93. The van der Waals surface area contributed by atoms with Crippen molar-refractivity contribution in [3.8, 4) is 0 Å². The summed E-state index contributed by atoms with van der Waals surface area (Å²) in [4.78, 5) is 2.56. The van der Waals surface area contributed by atoms with E-state index in [-0.39, 0.29) is 6.04 Å². The van der Waals surface area contributed by atoms with Crippen LogP contribution in [0.3, 0.4) is 0 Å². The average Bonchev–Trinajstić information content (AvgIpc) is 2.51. The maximum absolute atomic E-state index is 6.44. The third-order valence-electron chi connectivity index (χ3n) is 5.83. The van der Waals surface area contributed by atoms with E-state index in [1.165, 1.54) is 55.5 Å². The molecule has 118 valence electrons. The van der Waals surface area contributed by atoms with Gasteiger partial charge in [-0.3, -0.25) is 0 Å². The number of benzene rings is 1. The van der Waals surface area contributed by atoms with E-state index in [1.807, 2.05) is 0 Å². The van der Waals surface area contributed by atoms with Gasteiger partial charge in [-0.05, 0) is 61.9 Å². The molecule has 0 aliphatic carbocycles. The molecular weight excluding hydrogens is 256 g/mol. The van der Waals surface area contributed by atoms with Gasteiger partial charge in [0.15, 0.2) is 0 Å². The van der Waals surface area contributed by atoms with Crippen LogP contribution in [0.15, 0.2) is 18.2 Å². The fraction of sp³-hybridized carbons (Fsp3) is 0.684. The third-order valence-corrected chi connectivity index (χ3v) is 5.83. The number of hydrogen-bond acceptors (Lipinski definition) is 2. The molecule has 0 radical (unpaired) electrons. The smallest absolute Gasteiger partial charge is 0.0424 e. The van der Waals surface area contributed by atoms with Gasteiger partial charge < -0.3 is 10.6 Å². The Morgan fingerprint density at radius 3 is 2.24 bits per heavy atom. The van der Waals surface area contributed by atoms with Crippen LogP contribution in [0.4, 0.5) is 0 Å². The molecule has 21 heavy (non-hydrogen) atoms. The molecule has 0 spiro atoms. The van der Waals surface area contributed by atoms with Gasteiger partial charge in [0.25, 0.3) is 0 Å². The summed E-state index contributed by atoms with van der Waals surface area (Å²) in [6.45, 7) is 12.4. The number of piperidine rings is 1. The van der Waals surface area contributed by atoms with Crippen LogP contribution < -0.4 is 5.73 Å². The van der Waals surface area contributed by atoms with Gasteiger partial charge in [-0.15, -0.1) is 0 Å². The normalized spacial score (nSPS) is 20.4. The summed E-state index contributed by atoms with van der Waals surface area (Å²) in [5, 5.41) is 0. The molecule has 1 aromatic rings. The summed E-state index contributed by atoms with van der Waals surface area (Å²) < 4.78 is 0. The van der Waals surface area contributed by atoms with Crippen molar-refractivity contribution in [1.29, 1.82) is 0 Å². The van der Waals surface area contributed by atoms with Crippen LogP contribution in [0.25, 0.3) is 0 Å². The lowest BCUT2D eigenvalue weighted by Crippen LogP contribution is -2.42. The average molecular weight is 288 g/mol. The first-order chi connectivity index (χ1) is 9.99. The van der Waals surface area contributed by atoms with Crippen molar-refractivity contribution in [3.05, 3.63) is 34.9 Å². The van der Waals surface area contributed by atoms with Crippen LogP contribution in [0, 0.1) is 19.3 Å². The molecule has 1 aliphatic heterocycles. The monoisotopic (exact) mass is 288 g/mol. The summed E-state index contributed by atoms with van der Waals surface area (Å²) in [7, 11) is 0. The van der Waals surface area contributed by atoms with Crippen LogP contribution in [0.2, 0.25) is 0 Å². The number of rotatable bonds is 5. The first-order valence-corrected chi connectivity index (χ1v) is 8.55. The van der Waals surface area contributed by atoms with Gasteiger partial charge >= 0.3 is 0 Å². The lowest BCUT2D eigenvalue weighted by atomic mass is 9.74. The van der Waals surface area contributed by atoms with Crippen molar-refractivity contribution in [2.24, 2.45) is 11.1 Å². The Kier molecular flexibility index (Phi) is 5.45. The lowest BCUT2D eigenvalue weighted by molar-refractivity contribution is 0.0914. The second-order valence-electron chi connectivity index (χ2n) is 6.96. The van der Waals surface area contributed by atoms with E-state index in [2.05, 4.69) is 50.8 Å². The highest BCUT2D eigenvalue weighted by molar-refractivity contribution is 5.31. The molecule has 1 heterocycles. The molecule has 0 bridgehead atoms. The SMILES string of the molecule is CCC1(CC)CCN(CC(N)c2ccc(C)c(C)c2)CC1. The molecule has 0 aromatic heterocycles. The van der Waals surface area contributed by atoms with Gasteiger partial charge in [0.1, 0.15) is 0 Å². The zero-order chi connectivity index (χ0) is 15.5. The van der Waals surface area contributed by atoms with E-state index in [1.54, 1.807) is 0 Å². The number of nitrogens with two attached hydrogens (primary N) is 1.